The first-order valence-electron chi connectivity index (χ1n) is 7.97. The predicted molar refractivity (Wildman–Crippen MR) is 100 cm³/mol. The van der Waals surface area contributed by atoms with Gasteiger partial charge in [-0.1, -0.05) is 0 Å². The van der Waals surface area contributed by atoms with Crippen molar-refractivity contribution in [1.29, 1.82) is 0 Å². The molecule has 2 aromatic rings. The molecule has 2 aromatic carbocycles. The van der Waals surface area contributed by atoms with Gasteiger partial charge in [-0.3, -0.25) is 0 Å². The van der Waals surface area contributed by atoms with Crippen molar-refractivity contribution in [2.24, 2.45) is 0 Å². The van der Waals surface area contributed by atoms with Crippen LogP contribution in [0.5, 0.6) is 0 Å². The number of fused-ring (bicyclic) bond motifs is 1. The Morgan fingerprint density at radius 3 is 1.96 bits per heavy atom. The summed E-state index contributed by atoms with van der Waals surface area (Å²) >= 11 is -3.55. The fourth-order valence-electron chi connectivity index (χ4n) is 2.98. The molecule has 0 amide bonds. The number of benzene rings is 2. The Balaban J connectivity index is 2.24. The van der Waals surface area contributed by atoms with Crippen LogP contribution in [0, 0.1) is 3.57 Å². The molecule has 0 fully saturated rings. The van der Waals surface area contributed by atoms with E-state index in [1.807, 2.05) is 0 Å². The minimum atomic E-state index is -5.66. The summed E-state index contributed by atoms with van der Waals surface area (Å²) in [4.78, 5) is 0. The molecule has 9 heteroatoms. The van der Waals surface area contributed by atoms with Crippen LogP contribution in [0.2, 0.25) is 0 Å². The molecule has 0 aliphatic carbocycles. The Bertz CT molecular complexity index is 875. The molecule has 152 valence electrons. The summed E-state index contributed by atoms with van der Waals surface area (Å²) in [5.74, 6) is 0.223. The average molecular weight is 516 g/mol. The quantitative estimate of drug-likeness (QED) is 0.258. The van der Waals surface area contributed by atoms with E-state index in [0.717, 1.165) is 12.1 Å². The first kappa shape index (κ1) is 21.0. The minimum absolute atomic E-state index is 0.0377. The summed E-state index contributed by atoms with van der Waals surface area (Å²) in [5, 5.41) is 0. The Morgan fingerprint density at radius 1 is 0.893 bits per heavy atom. The monoisotopic (exact) mass is 516 g/mol. The number of methoxy groups -OCH3 is 1. The molecule has 0 saturated carbocycles. The third-order valence-electron chi connectivity index (χ3n) is 4.24. The zero-order valence-corrected chi connectivity index (χ0v) is 16.8. The molecule has 0 radical (unpaired) electrons. The predicted octanol–water partition coefficient (Wildman–Crippen LogP) is 6.66. The van der Waals surface area contributed by atoms with E-state index in [1.54, 1.807) is 30.3 Å². The van der Waals surface area contributed by atoms with Gasteiger partial charge >= 0.3 is 165 Å². The number of allylic oxidation sites excluding steroid dienone is 1. The summed E-state index contributed by atoms with van der Waals surface area (Å²) < 4.78 is 93.1. The molecule has 0 saturated heterocycles. The van der Waals surface area contributed by atoms with Crippen molar-refractivity contribution in [2.75, 3.05) is 7.11 Å². The Morgan fingerprint density at radius 2 is 1.43 bits per heavy atom. The third kappa shape index (κ3) is 3.18. The van der Waals surface area contributed by atoms with E-state index >= 15 is 0 Å². The summed E-state index contributed by atoms with van der Waals surface area (Å²) in [6.45, 7) is 1.47. The molecule has 3 rings (SSSR count). The number of alkyl halides is 6. The number of ether oxygens (including phenoxy) is 1. The van der Waals surface area contributed by atoms with Crippen LogP contribution in [0.15, 0.2) is 58.2 Å². The van der Waals surface area contributed by atoms with E-state index in [0.29, 0.717) is 5.56 Å². The molecule has 0 bridgehead atoms. The zero-order valence-electron chi connectivity index (χ0n) is 14.7. The van der Waals surface area contributed by atoms with Crippen molar-refractivity contribution in [2.45, 2.75) is 24.9 Å². The summed E-state index contributed by atoms with van der Waals surface area (Å²) in [6, 6.07) is 13.2. The van der Waals surface area contributed by atoms with Gasteiger partial charge in [-0.15, -0.1) is 0 Å². The van der Waals surface area contributed by atoms with Gasteiger partial charge in [0, 0.05) is 0 Å². The van der Waals surface area contributed by atoms with Gasteiger partial charge in [-0.2, -0.15) is 0 Å². The fraction of sp³-hybridized carbons (Fsp3) is 0.263. The third-order valence-corrected chi connectivity index (χ3v) is 9.30. The van der Waals surface area contributed by atoms with Crippen LogP contribution >= 0.6 is 20.2 Å². The first-order valence-corrected chi connectivity index (χ1v) is 11.0. The molecule has 1 aliphatic heterocycles. The molecule has 0 aromatic heterocycles. The summed E-state index contributed by atoms with van der Waals surface area (Å²) in [6.07, 6.45) is -11.3. The molecular weight excluding hydrogens is 501 g/mol. The normalized spacial score (nSPS) is 18.5. The van der Waals surface area contributed by atoms with Gasteiger partial charge in [0.05, 0.1) is 0 Å². The molecule has 0 atom stereocenters. The van der Waals surface area contributed by atoms with Crippen molar-refractivity contribution in [3.63, 3.8) is 0 Å². The van der Waals surface area contributed by atoms with Crippen LogP contribution in [0.1, 0.15) is 18.1 Å². The van der Waals surface area contributed by atoms with E-state index in [2.05, 4.69) is 0 Å². The number of halogens is 7. The fourth-order valence-corrected chi connectivity index (χ4v) is 8.42. The second kappa shape index (κ2) is 7.25. The first-order chi connectivity index (χ1) is 13.0. The van der Waals surface area contributed by atoms with Crippen LogP contribution < -0.4 is 0 Å². The SMILES string of the molecule is CO/C(=C(\C)I1OC(C(F)(F)F)(C(F)(F)F)c2ccccc21)c1ccccc1. The maximum absolute atomic E-state index is 13.8. The van der Waals surface area contributed by atoms with Gasteiger partial charge in [0.2, 0.25) is 0 Å². The second-order valence-electron chi connectivity index (χ2n) is 5.92. The van der Waals surface area contributed by atoms with Gasteiger partial charge < -0.3 is 0 Å². The molecule has 1 heterocycles. The molecule has 28 heavy (non-hydrogen) atoms. The summed E-state index contributed by atoms with van der Waals surface area (Å²) in [7, 11) is 1.32. The van der Waals surface area contributed by atoms with Crippen molar-refractivity contribution in [1.82, 2.24) is 0 Å². The van der Waals surface area contributed by atoms with Crippen molar-refractivity contribution in [3.05, 3.63) is 72.9 Å². The molecule has 0 unspecified atom stereocenters. The maximum atomic E-state index is 13.8. The second-order valence-corrected chi connectivity index (χ2v) is 10.6. The van der Waals surface area contributed by atoms with E-state index < -0.39 is 43.8 Å². The number of hydrogen-bond acceptors (Lipinski definition) is 2. The van der Waals surface area contributed by atoms with E-state index in [4.69, 9.17) is 7.80 Å². The van der Waals surface area contributed by atoms with Crippen molar-refractivity contribution < 1.29 is 34.1 Å². The Kier molecular flexibility index (Phi) is 5.43. The van der Waals surface area contributed by atoms with Gasteiger partial charge in [-0.05, 0) is 0 Å². The Hall–Kier alpha value is -1.75. The average Bonchev–Trinajstić information content (AvgIpc) is 3.00. The van der Waals surface area contributed by atoms with Crippen molar-refractivity contribution in [3.8, 4) is 0 Å². The van der Waals surface area contributed by atoms with Gasteiger partial charge in [0.25, 0.3) is 0 Å². The standard InChI is InChI=1S/C19H15F6IO2/c1-12(16(27-2)13-8-4-3-5-9-13)26-15-11-7-6-10-14(15)17(28-26,18(20,21)22)19(23,24)25/h3-11H,1-2H3/b16-12+. The summed E-state index contributed by atoms with van der Waals surface area (Å²) in [5.41, 5.74) is -4.67. The van der Waals surface area contributed by atoms with E-state index in [-0.39, 0.29) is 12.9 Å². The Labute approximate surface area is 165 Å². The van der Waals surface area contributed by atoms with Crippen LogP contribution in [0.4, 0.5) is 26.3 Å². The topological polar surface area (TPSA) is 18.5 Å². The van der Waals surface area contributed by atoms with Gasteiger partial charge in [-0.25, -0.2) is 0 Å². The van der Waals surface area contributed by atoms with E-state index in [9.17, 15) is 26.3 Å². The molecule has 0 N–H and O–H groups in total. The molecule has 1 aliphatic rings. The van der Waals surface area contributed by atoms with Crippen LogP contribution in [-0.2, 0) is 13.4 Å². The van der Waals surface area contributed by atoms with Crippen LogP contribution in [0.3, 0.4) is 0 Å². The van der Waals surface area contributed by atoms with E-state index in [1.165, 1.54) is 26.2 Å². The number of rotatable bonds is 3. The van der Waals surface area contributed by atoms with Crippen LogP contribution in [0.25, 0.3) is 5.76 Å². The van der Waals surface area contributed by atoms with Crippen LogP contribution in [-0.4, -0.2) is 19.5 Å². The van der Waals surface area contributed by atoms with Gasteiger partial charge in [0.1, 0.15) is 0 Å². The van der Waals surface area contributed by atoms with Gasteiger partial charge in [0.15, 0.2) is 0 Å². The zero-order chi connectivity index (χ0) is 20.7. The molecule has 0 spiro atoms. The molecule has 2 nitrogen and oxygen atoms in total. The number of hydrogen-bond donors (Lipinski definition) is 0. The van der Waals surface area contributed by atoms with Crippen molar-refractivity contribution >= 4 is 26.0 Å². The molecular formula is C19H15F6IO2.